The molecule has 7 nitrogen and oxygen atoms in total. The molecule has 0 atom stereocenters. The van der Waals surface area contributed by atoms with E-state index < -0.39 is 5.97 Å². The molecule has 1 amide bonds. The lowest BCUT2D eigenvalue weighted by Gasteiger charge is -2.07. The number of aromatic nitrogens is 2. The summed E-state index contributed by atoms with van der Waals surface area (Å²) in [5, 5.41) is 15.5. The number of aryl methyl sites for hydroxylation is 1. The van der Waals surface area contributed by atoms with Crippen LogP contribution in [0.1, 0.15) is 28.6 Å². The van der Waals surface area contributed by atoms with Crippen molar-refractivity contribution in [3.05, 3.63) is 16.8 Å². The highest BCUT2D eigenvalue weighted by Crippen LogP contribution is 2.32. The van der Waals surface area contributed by atoms with Gasteiger partial charge in [-0.3, -0.25) is 4.79 Å². The molecule has 0 aromatic carbocycles. The second kappa shape index (κ2) is 6.49. The van der Waals surface area contributed by atoms with Crippen LogP contribution in [0.25, 0.3) is 10.2 Å². The van der Waals surface area contributed by atoms with Crippen LogP contribution in [0.3, 0.4) is 0 Å². The standard InChI is InChI=1S/C13H16N4O3S/c1-3-4-14-8(18)5-15-11-9-7(2)10(13(19)20)21-12(9)17-6-16-11/h6H,3-5H2,1-2H3,(H,14,18)(H,19,20)(H,15,16,17). The summed E-state index contributed by atoms with van der Waals surface area (Å²) < 4.78 is 0. The lowest BCUT2D eigenvalue weighted by atomic mass is 10.2. The van der Waals surface area contributed by atoms with Gasteiger partial charge in [-0.25, -0.2) is 14.8 Å². The molecule has 0 radical (unpaired) electrons. The molecule has 0 saturated heterocycles. The molecule has 3 N–H and O–H groups in total. The van der Waals surface area contributed by atoms with Crippen molar-refractivity contribution in [2.24, 2.45) is 0 Å². The molecule has 0 bridgehead atoms. The van der Waals surface area contributed by atoms with Crippen molar-refractivity contribution in [1.29, 1.82) is 0 Å². The van der Waals surface area contributed by atoms with Gasteiger partial charge in [-0.2, -0.15) is 0 Å². The highest BCUT2D eigenvalue weighted by atomic mass is 32.1. The van der Waals surface area contributed by atoms with Gasteiger partial charge in [-0.05, 0) is 18.9 Å². The van der Waals surface area contributed by atoms with E-state index in [9.17, 15) is 9.59 Å². The van der Waals surface area contributed by atoms with Crippen LogP contribution in [0.5, 0.6) is 0 Å². The smallest absolute Gasteiger partial charge is 0.346 e. The quantitative estimate of drug-likeness (QED) is 0.749. The van der Waals surface area contributed by atoms with Crippen molar-refractivity contribution in [3.8, 4) is 0 Å². The lowest BCUT2D eigenvalue weighted by molar-refractivity contribution is -0.119. The van der Waals surface area contributed by atoms with E-state index in [4.69, 9.17) is 5.11 Å². The zero-order valence-corrected chi connectivity index (χ0v) is 12.6. The number of carbonyl (C=O) groups is 2. The molecular weight excluding hydrogens is 292 g/mol. The fourth-order valence-corrected chi connectivity index (χ4v) is 2.89. The van der Waals surface area contributed by atoms with Crippen LogP contribution in [-0.2, 0) is 4.79 Å². The van der Waals surface area contributed by atoms with Gasteiger partial charge in [0.15, 0.2) is 0 Å². The van der Waals surface area contributed by atoms with E-state index in [1.165, 1.54) is 6.33 Å². The summed E-state index contributed by atoms with van der Waals surface area (Å²) in [5.74, 6) is -0.634. The average Bonchev–Trinajstić information content (AvgIpc) is 2.81. The van der Waals surface area contributed by atoms with Crippen molar-refractivity contribution < 1.29 is 14.7 Å². The summed E-state index contributed by atoms with van der Waals surface area (Å²) >= 11 is 1.10. The monoisotopic (exact) mass is 308 g/mol. The second-order valence-electron chi connectivity index (χ2n) is 4.47. The molecule has 2 aromatic rings. The molecule has 2 heterocycles. The first kappa shape index (κ1) is 15.2. The Balaban J connectivity index is 2.24. The van der Waals surface area contributed by atoms with Gasteiger partial charge in [0, 0.05) is 6.54 Å². The number of amides is 1. The van der Waals surface area contributed by atoms with Crippen molar-refractivity contribution in [1.82, 2.24) is 15.3 Å². The van der Waals surface area contributed by atoms with Crippen LogP contribution >= 0.6 is 11.3 Å². The van der Waals surface area contributed by atoms with Gasteiger partial charge < -0.3 is 15.7 Å². The Morgan fingerprint density at radius 2 is 2.14 bits per heavy atom. The van der Waals surface area contributed by atoms with E-state index in [2.05, 4.69) is 20.6 Å². The molecule has 0 aliphatic carbocycles. The van der Waals surface area contributed by atoms with Crippen molar-refractivity contribution >= 4 is 39.2 Å². The molecular formula is C13H16N4O3S. The number of fused-ring (bicyclic) bond motifs is 1. The van der Waals surface area contributed by atoms with Crippen molar-refractivity contribution in [3.63, 3.8) is 0 Å². The third-order valence-electron chi connectivity index (χ3n) is 2.91. The van der Waals surface area contributed by atoms with Crippen LogP contribution < -0.4 is 10.6 Å². The molecule has 8 heteroatoms. The van der Waals surface area contributed by atoms with Crippen LogP contribution in [0.15, 0.2) is 6.33 Å². The number of rotatable bonds is 6. The second-order valence-corrected chi connectivity index (χ2v) is 5.47. The average molecular weight is 308 g/mol. The SMILES string of the molecule is CCCNC(=O)CNc1ncnc2sc(C(=O)O)c(C)c12. The Hall–Kier alpha value is -2.22. The highest BCUT2D eigenvalue weighted by molar-refractivity contribution is 7.20. The van der Waals surface area contributed by atoms with E-state index in [1.807, 2.05) is 6.92 Å². The number of aromatic carboxylic acids is 1. The molecule has 0 aliphatic heterocycles. The number of carboxylic acid groups (broad SMARTS) is 1. The number of nitrogens with one attached hydrogen (secondary N) is 2. The topological polar surface area (TPSA) is 104 Å². The van der Waals surface area contributed by atoms with Gasteiger partial charge in [-0.1, -0.05) is 6.92 Å². The fraction of sp³-hybridized carbons (Fsp3) is 0.385. The number of nitrogens with zero attached hydrogens (tertiary/aromatic N) is 2. The number of hydrogen-bond donors (Lipinski definition) is 3. The Kier molecular flexibility index (Phi) is 4.69. The predicted molar refractivity (Wildman–Crippen MR) is 80.9 cm³/mol. The summed E-state index contributed by atoms with van der Waals surface area (Å²) in [6, 6.07) is 0. The predicted octanol–water partition coefficient (Wildman–Crippen LogP) is 1.64. The van der Waals surface area contributed by atoms with Crippen LogP contribution in [-0.4, -0.2) is 40.0 Å². The maximum atomic E-state index is 11.6. The van der Waals surface area contributed by atoms with Crippen LogP contribution in [0.4, 0.5) is 5.82 Å². The maximum absolute atomic E-state index is 11.6. The van der Waals surface area contributed by atoms with Crippen molar-refractivity contribution in [2.75, 3.05) is 18.4 Å². The Labute approximate surface area is 125 Å². The molecule has 112 valence electrons. The van der Waals surface area contributed by atoms with E-state index in [1.54, 1.807) is 6.92 Å². The summed E-state index contributed by atoms with van der Waals surface area (Å²) in [6.45, 7) is 4.40. The molecule has 0 fully saturated rings. The lowest BCUT2D eigenvalue weighted by Crippen LogP contribution is -2.30. The normalized spacial score (nSPS) is 10.6. The summed E-state index contributed by atoms with van der Waals surface area (Å²) in [7, 11) is 0. The number of carbonyl (C=O) groups excluding carboxylic acids is 1. The van der Waals surface area contributed by atoms with E-state index in [0.29, 0.717) is 28.1 Å². The molecule has 0 saturated carbocycles. The molecule has 2 aromatic heterocycles. The van der Waals surface area contributed by atoms with Gasteiger partial charge in [0.25, 0.3) is 0 Å². The third kappa shape index (κ3) is 3.27. The molecule has 2 rings (SSSR count). The van der Waals surface area contributed by atoms with E-state index >= 15 is 0 Å². The minimum atomic E-state index is -0.984. The molecule has 0 aliphatic rings. The van der Waals surface area contributed by atoms with Crippen LogP contribution in [0, 0.1) is 6.92 Å². The first-order valence-corrected chi connectivity index (χ1v) is 7.34. The number of anilines is 1. The third-order valence-corrected chi connectivity index (χ3v) is 4.10. The van der Waals surface area contributed by atoms with E-state index in [0.717, 1.165) is 17.8 Å². The zero-order valence-electron chi connectivity index (χ0n) is 11.8. The van der Waals surface area contributed by atoms with Gasteiger partial charge in [-0.15, -0.1) is 11.3 Å². The van der Waals surface area contributed by atoms with Gasteiger partial charge in [0.1, 0.15) is 21.9 Å². The van der Waals surface area contributed by atoms with E-state index in [-0.39, 0.29) is 17.3 Å². The summed E-state index contributed by atoms with van der Waals surface area (Å²) in [4.78, 5) is 31.8. The zero-order chi connectivity index (χ0) is 15.4. The number of carboxylic acids is 1. The number of thiophene rings is 1. The minimum absolute atomic E-state index is 0.0871. The van der Waals surface area contributed by atoms with Crippen LogP contribution in [0.2, 0.25) is 0 Å². The highest BCUT2D eigenvalue weighted by Gasteiger charge is 2.18. The van der Waals surface area contributed by atoms with Gasteiger partial charge in [0.05, 0.1) is 11.9 Å². The van der Waals surface area contributed by atoms with Crippen molar-refractivity contribution in [2.45, 2.75) is 20.3 Å². The fourth-order valence-electron chi connectivity index (χ4n) is 1.90. The molecule has 21 heavy (non-hydrogen) atoms. The minimum Gasteiger partial charge on any atom is -0.477 e. The first-order chi connectivity index (χ1) is 10.0. The Morgan fingerprint density at radius 1 is 1.38 bits per heavy atom. The molecule has 0 spiro atoms. The van der Waals surface area contributed by atoms with Gasteiger partial charge >= 0.3 is 5.97 Å². The first-order valence-electron chi connectivity index (χ1n) is 6.52. The summed E-state index contributed by atoms with van der Waals surface area (Å²) in [5.41, 5.74) is 0.611. The number of hydrogen-bond acceptors (Lipinski definition) is 6. The summed E-state index contributed by atoms with van der Waals surface area (Å²) in [6.07, 6.45) is 2.23. The Morgan fingerprint density at radius 3 is 2.81 bits per heavy atom. The Bertz CT molecular complexity index is 683. The van der Waals surface area contributed by atoms with Gasteiger partial charge in [0.2, 0.25) is 5.91 Å². The molecule has 0 unspecified atom stereocenters. The maximum Gasteiger partial charge on any atom is 0.346 e. The largest absolute Gasteiger partial charge is 0.477 e.